The maximum Gasteiger partial charge on any atom is 0.354 e. The minimum absolute atomic E-state index is 0.0208. The summed E-state index contributed by atoms with van der Waals surface area (Å²) in [5.41, 5.74) is 1.18. The second-order valence-corrected chi connectivity index (χ2v) is 9.54. The number of halogens is 3. The Hall–Kier alpha value is -4.61. The Morgan fingerprint density at radius 3 is 2.24 bits per heavy atom. The second kappa shape index (κ2) is 12.7. The minimum atomic E-state index is -1.74. The van der Waals surface area contributed by atoms with Gasteiger partial charge in [-0.15, -0.1) is 0 Å². The molecule has 1 amide bonds. The molecule has 9 nitrogen and oxygen atoms in total. The smallest absolute Gasteiger partial charge is 0.354 e. The van der Waals surface area contributed by atoms with E-state index in [1.54, 1.807) is 12.1 Å². The van der Waals surface area contributed by atoms with E-state index >= 15 is 0 Å². The maximum absolute atomic E-state index is 14.5. The van der Waals surface area contributed by atoms with Crippen molar-refractivity contribution in [2.24, 2.45) is 0 Å². The quantitative estimate of drug-likeness (QED) is 0.218. The topological polar surface area (TPSA) is 133 Å². The number of hydrogen-bond acceptors (Lipinski definition) is 5. The molecule has 212 valence electrons. The summed E-state index contributed by atoms with van der Waals surface area (Å²) < 4.78 is 29.6. The zero-order valence-corrected chi connectivity index (χ0v) is 22.1. The summed E-state index contributed by atoms with van der Waals surface area (Å²) in [4.78, 5) is 37.8. The Bertz CT molecular complexity index is 1580. The van der Waals surface area contributed by atoms with Crippen molar-refractivity contribution in [2.45, 2.75) is 25.6 Å². The zero-order chi connectivity index (χ0) is 29.7. The van der Waals surface area contributed by atoms with E-state index in [1.165, 1.54) is 4.90 Å². The molecule has 3 N–H and O–H groups in total. The first-order valence-corrected chi connectivity index (χ1v) is 12.7. The van der Waals surface area contributed by atoms with Crippen LogP contribution in [0, 0.1) is 11.6 Å². The molecule has 0 bridgehead atoms. The van der Waals surface area contributed by atoms with E-state index in [2.05, 4.69) is 5.10 Å². The van der Waals surface area contributed by atoms with E-state index in [0.717, 1.165) is 34.0 Å². The van der Waals surface area contributed by atoms with Crippen molar-refractivity contribution < 1.29 is 38.5 Å². The van der Waals surface area contributed by atoms with Crippen molar-refractivity contribution >= 4 is 29.4 Å². The number of carboxylic acid groups (broad SMARTS) is 2. The lowest BCUT2D eigenvalue weighted by Gasteiger charge is -2.23. The Labute approximate surface area is 237 Å². The first kappa shape index (κ1) is 29.4. The van der Waals surface area contributed by atoms with E-state index in [4.69, 9.17) is 16.7 Å². The summed E-state index contributed by atoms with van der Waals surface area (Å²) in [6.45, 7) is -0.890. The van der Waals surface area contributed by atoms with Crippen LogP contribution in [0.25, 0.3) is 11.1 Å². The lowest BCUT2D eigenvalue weighted by Crippen LogP contribution is -2.35. The van der Waals surface area contributed by atoms with Gasteiger partial charge in [-0.3, -0.25) is 9.48 Å². The highest BCUT2D eigenvalue weighted by atomic mass is 35.5. The first-order valence-electron chi connectivity index (χ1n) is 12.3. The monoisotopic (exact) mass is 583 g/mol. The fourth-order valence-electron chi connectivity index (χ4n) is 4.15. The van der Waals surface area contributed by atoms with Crippen LogP contribution in [-0.4, -0.2) is 60.5 Å². The molecule has 1 atom stereocenters. The number of aliphatic carboxylic acids is 1. The summed E-state index contributed by atoms with van der Waals surface area (Å²) in [5, 5.41) is 32.2. The van der Waals surface area contributed by atoms with Gasteiger partial charge >= 0.3 is 11.9 Å². The Balaban J connectivity index is 1.63. The average Bonchev–Trinajstić information content (AvgIpc) is 3.40. The van der Waals surface area contributed by atoms with E-state index < -0.39 is 53.4 Å². The average molecular weight is 584 g/mol. The summed E-state index contributed by atoms with van der Waals surface area (Å²) >= 11 is 5.74. The normalized spacial score (nSPS) is 11.7. The molecule has 1 aromatic heterocycles. The third-order valence-corrected chi connectivity index (χ3v) is 6.64. The van der Waals surface area contributed by atoms with Crippen molar-refractivity contribution in [3.05, 3.63) is 112 Å². The number of aromatic nitrogens is 2. The second-order valence-electron chi connectivity index (χ2n) is 9.13. The number of carbonyl (C=O) groups excluding carboxylic acids is 1. The number of hydrogen-bond donors (Lipinski definition) is 3. The van der Waals surface area contributed by atoms with Gasteiger partial charge < -0.3 is 20.2 Å². The van der Waals surface area contributed by atoms with Crippen LogP contribution in [-0.2, 0) is 17.9 Å². The number of aromatic carboxylic acids is 1. The molecule has 0 aliphatic rings. The predicted molar refractivity (Wildman–Crippen MR) is 145 cm³/mol. The first-order chi connectivity index (χ1) is 19.5. The highest BCUT2D eigenvalue weighted by molar-refractivity contribution is 6.30. The van der Waals surface area contributed by atoms with Crippen LogP contribution in [0.2, 0.25) is 5.02 Å². The molecule has 0 saturated heterocycles. The van der Waals surface area contributed by atoms with Gasteiger partial charge in [0.2, 0.25) is 0 Å². The van der Waals surface area contributed by atoms with Gasteiger partial charge in [-0.25, -0.2) is 18.4 Å². The van der Waals surface area contributed by atoms with Crippen LogP contribution >= 0.6 is 11.6 Å². The van der Waals surface area contributed by atoms with Gasteiger partial charge in [-0.1, -0.05) is 66.2 Å². The molecular formula is C29H24ClF2N3O6. The standard InChI is InChI=1S/C29H24ClF2N3O6/c30-21-10-11-22(31)20(26(21)32)16-35-24(28(38)39)14-23(33-35)27(37)34(13-12-25(36)29(40)41)15-17-6-8-19(9-7-17)18-4-2-1-3-5-18/h1-11,14,25,36H,12-13,15-16H2,(H,38,39)(H,40,41). The van der Waals surface area contributed by atoms with Gasteiger partial charge in [-0.2, -0.15) is 5.10 Å². The Kier molecular flexibility index (Phi) is 9.10. The van der Waals surface area contributed by atoms with Crippen molar-refractivity contribution in [1.82, 2.24) is 14.7 Å². The number of rotatable bonds is 11. The lowest BCUT2D eigenvalue weighted by atomic mass is 10.0. The number of benzene rings is 3. The van der Waals surface area contributed by atoms with Gasteiger partial charge in [0.15, 0.2) is 11.8 Å². The summed E-state index contributed by atoms with van der Waals surface area (Å²) in [5.74, 6) is -5.80. The number of aliphatic hydroxyl groups excluding tert-OH is 1. The van der Waals surface area contributed by atoms with Gasteiger partial charge in [0, 0.05) is 31.1 Å². The fourth-order valence-corrected chi connectivity index (χ4v) is 4.32. The minimum Gasteiger partial charge on any atom is -0.479 e. The zero-order valence-electron chi connectivity index (χ0n) is 21.4. The van der Waals surface area contributed by atoms with E-state index in [9.17, 15) is 33.4 Å². The third kappa shape index (κ3) is 6.94. The third-order valence-electron chi connectivity index (χ3n) is 6.34. The number of amides is 1. The van der Waals surface area contributed by atoms with Crippen LogP contribution in [0.5, 0.6) is 0 Å². The molecule has 4 rings (SSSR count). The summed E-state index contributed by atoms with van der Waals surface area (Å²) in [6.07, 6.45) is -2.05. The number of carbonyl (C=O) groups is 3. The van der Waals surface area contributed by atoms with Gasteiger partial charge in [-0.05, 0) is 28.8 Å². The van der Waals surface area contributed by atoms with Crippen LogP contribution in [0.4, 0.5) is 8.78 Å². The van der Waals surface area contributed by atoms with Crippen LogP contribution in [0.3, 0.4) is 0 Å². The molecule has 0 radical (unpaired) electrons. The molecule has 0 aliphatic carbocycles. The molecule has 0 fully saturated rings. The molecule has 12 heteroatoms. The molecule has 1 heterocycles. The SMILES string of the molecule is O=C(O)c1cc(C(=O)N(CCC(O)C(=O)O)Cc2ccc(-c3ccccc3)cc2)nn1Cc1c(F)ccc(Cl)c1F. The predicted octanol–water partition coefficient (Wildman–Crippen LogP) is 4.71. The van der Waals surface area contributed by atoms with Crippen molar-refractivity contribution in [3.63, 3.8) is 0 Å². The van der Waals surface area contributed by atoms with Crippen molar-refractivity contribution in [1.29, 1.82) is 0 Å². The largest absolute Gasteiger partial charge is 0.479 e. The van der Waals surface area contributed by atoms with E-state index in [1.807, 2.05) is 42.5 Å². The molecule has 4 aromatic rings. The van der Waals surface area contributed by atoms with Crippen LogP contribution in [0.1, 0.15) is 38.5 Å². The molecule has 0 aliphatic heterocycles. The highest BCUT2D eigenvalue weighted by Crippen LogP contribution is 2.24. The summed E-state index contributed by atoms with van der Waals surface area (Å²) in [7, 11) is 0. The number of aliphatic hydroxyl groups is 1. The molecule has 3 aromatic carbocycles. The molecule has 1 unspecified atom stereocenters. The van der Waals surface area contributed by atoms with E-state index in [-0.39, 0.29) is 30.2 Å². The van der Waals surface area contributed by atoms with Gasteiger partial charge in [0.25, 0.3) is 5.91 Å². The maximum atomic E-state index is 14.5. The molecule has 0 saturated carbocycles. The van der Waals surface area contributed by atoms with Gasteiger partial charge in [0.05, 0.1) is 11.6 Å². The highest BCUT2D eigenvalue weighted by Gasteiger charge is 2.26. The number of carboxylic acids is 2. The van der Waals surface area contributed by atoms with Crippen LogP contribution < -0.4 is 0 Å². The van der Waals surface area contributed by atoms with Crippen LogP contribution in [0.15, 0.2) is 72.8 Å². The fraction of sp³-hybridized carbons (Fsp3) is 0.172. The molecule has 41 heavy (non-hydrogen) atoms. The number of nitrogens with zero attached hydrogens (tertiary/aromatic N) is 3. The lowest BCUT2D eigenvalue weighted by molar-refractivity contribution is -0.147. The molecular weight excluding hydrogens is 560 g/mol. The Morgan fingerprint density at radius 2 is 1.61 bits per heavy atom. The molecule has 0 spiro atoms. The Morgan fingerprint density at radius 1 is 0.951 bits per heavy atom. The van der Waals surface area contributed by atoms with E-state index in [0.29, 0.717) is 5.56 Å². The summed E-state index contributed by atoms with van der Waals surface area (Å²) in [6, 6.07) is 19.7. The van der Waals surface area contributed by atoms with Gasteiger partial charge in [0.1, 0.15) is 17.3 Å². The van der Waals surface area contributed by atoms with Crippen molar-refractivity contribution in [3.8, 4) is 11.1 Å². The van der Waals surface area contributed by atoms with Crippen molar-refractivity contribution in [2.75, 3.05) is 6.54 Å².